The zero-order chi connectivity index (χ0) is 10.8. The minimum atomic E-state index is -0.291. The quantitative estimate of drug-likeness (QED) is 0.723. The number of nitrogens with two attached hydrogens (primary N) is 1. The van der Waals surface area contributed by atoms with Gasteiger partial charge in [-0.25, -0.2) is 0 Å². The van der Waals surface area contributed by atoms with Crippen LogP contribution in [-0.2, 0) is 4.79 Å². The van der Waals surface area contributed by atoms with Gasteiger partial charge >= 0.3 is 0 Å². The number of amidine groups is 1. The van der Waals surface area contributed by atoms with Gasteiger partial charge in [-0.05, 0) is 36.9 Å². The number of nitrogens with zero attached hydrogens (tertiary/aromatic N) is 2. The highest BCUT2D eigenvalue weighted by atomic mass is 32.2. The van der Waals surface area contributed by atoms with E-state index in [2.05, 4.69) is 9.98 Å². The third-order valence-corrected chi connectivity index (χ3v) is 2.64. The molecule has 76 valence electrons. The molecule has 1 aromatic heterocycles. The number of aliphatic imine (C=N–C) groups is 1. The van der Waals surface area contributed by atoms with Gasteiger partial charge < -0.3 is 5.73 Å². The molecule has 2 heterocycles. The molecule has 0 aliphatic carbocycles. The average Bonchev–Trinajstić information content (AvgIpc) is 2.45. The van der Waals surface area contributed by atoms with E-state index in [0.717, 1.165) is 11.4 Å². The summed E-state index contributed by atoms with van der Waals surface area (Å²) in [4.78, 5) is 19.7. The van der Waals surface area contributed by atoms with Crippen LogP contribution < -0.4 is 5.73 Å². The minimum Gasteiger partial charge on any atom is -0.378 e. The van der Waals surface area contributed by atoms with Crippen molar-refractivity contribution in [3.63, 3.8) is 0 Å². The van der Waals surface area contributed by atoms with E-state index in [1.165, 1.54) is 11.8 Å². The lowest BCUT2D eigenvalue weighted by molar-refractivity contribution is -0.113. The zero-order valence-corrected chi connectivity index (χ0v) is 8.91. The van der Waals surface area contributed by atoms with Gasteiger partial charge in [0.15, 0.2) is 5.17 Å². The molecule has 0 aromatic carbocycles. The van der Waals surface area contributed by atoms with E-state index in [0.29, 0.717) is 10.1 Å². The van der Waals surface area contributed by atoms with Crippen LogP contribution in [0, 0.1) is 6.92 Å². The van der Waals surface area contributed by atoms with E-state index < -0.39 is 0 Å². The van der Waals surface area contributed by atoms with Crippen molar-refractivity contribution < 1.29 is 4.79 Å². The number of aryl methyl sites for hydroxylation is 1. The Labute approximate surface area is 91.3 Å². The Morgan fingerprint density at radius 2 is 2.27 bits per heavy atom. The summed E-state index contributed by atoms with van der Waals surface area (Å²) in [5, 5.41) is 0.291. The van der Waals surface area contributed by atoms with Crippen LogP contribution in [0.25, 0.3) is 6.08 Å². The predicted octanol–water partition coefficient (Wildman–Crippen LogP) is 1.32. The molecule has 0 radical (unpaired) electrons. The van der Waals surface area contributed by atoms with Crippen molar-refractivity contribution in [3.8, 4) is 0 Å². The third kappa shape index (κ3) is 2.24. The van der Waals surface area contributed by atoms with Crippen molar-refractivity contribution in [1.82, 2.24) is 4.98 Å². The molecule has 1 amide bonds. The van der Waals surface area contributed by atoms with Crippen LogP contribution in [0.15, 0.2) is 28.1 Å². The first-order valence-corrected chi connectivity index (χ1v) is 5.18. The summed E-state index contributed by atoms with van der Waals surface area (Å²) in [6.07, 6.45) is 1.70. The van der Waals surface area contributed by atoms with Crippen molar-refractivity contribution in [2.24, 2.45) is 10.7 Å². The van der Waals surface area contributed by atoms with Crippen molar-refractivity contribution in [2.75, 3.05) is 0 Å². The Hall–Kier alpha value is -1.62. The first-order valence-electron chi connectivity index (χ1n) is 4.37. The maximum absolute atomic E-state index is 11.3. The lowest BCUT2D eigenvalue weighted by Gasteiger charge is -1.96. The number of rotatable bonds is 1. The first-order chi connectivity index (χ1) is 7.15. The lowest BCUT2D eigenvalue weighted by atomic mass is 10.3. The number of carbonyl (C=O) groups excluding carboxylic acids is 1. The number of aromatic nitrogens is 1. The van der Waals surface area contributed by atoms with Crippen LogP contribution in [0.5, 0.6) is 0 Å². The highest BCUT2D eigenvalue weighted by Crippen LogP contribution is 2.25. The molecule has 1 aliphatic rings. The average molecular weight is 219 g/mol. The number of pyridine rings is 1. The van der Waals surface area contributed by atoms with Gasteiger partial charge in [0.2, 0.25) is 0 Å². The Morgan fingerprint density at radius 3 is 2.87 bits per heavy atom. The Balaban J connectivity index is 2.29. The summed E-state index contributed by atoms with van der Waals surface area (Å²) in [5.41, 5.74) is 7.09. The van der Waals surface area contributed by atoms with Crippen LogP contribution in [0.3, 0.4) is 0 Å². The molecule has 0 saturated heterocycles. The molecule has 0 bridgehead atoms. The van der Waals surface area contributed by atoms with Gasteiger partial charge in [0.05, 0.1) is 10.6 Å². The molecule has 1 aromatic rings. The molecule has 0 spiro atoms. The number of amides is 1. The summed E-state index contributed by atoms with van der Waals surface area (Å²) in [5.74, 6) is -0.291. The van der Waals surface area contributed by atoms with Gasteiger partial charge in [0.25, 0.3) is 5.91 Å². The highest BCUT2D eigenvalue weighted by Gasteiger charge is 2.19. The molecule has 5 heteroatoms. The summed E-state index contributed by atoms with van der Waals surface area (Å²) in [7, 11) is 0. The second-order valence-electron chi connectivity index (χ2n) is 3.07. The van der Waals surface area contributed by atoms with Gasteiger partial charge in [0.1, 0.15) is 0 Å². The summed E-state index contributed by atoms with van der Waals surface area (Å²) < 4.78 is 0. The maximum atomic E-state index is 11.3. The fourth-order valence-electron chi connectivity index (χ4n) is 1.20. The topological polar surface area (TPSA) is 68.3 Å². The summed E-state index contributed by atoms with van der Waals surface area (Å²) in [6, 6.07) is 5.63. The van der Waals surface area contributed by atoms with E-state index in [4.69, 9.17) is 5.73 Å². The number of thioether (sulfide) groups is 1. The largest absolute Gasteiger partial charge is 0.378 e. The van der Waals surface area contributed by atoms with Gasteiger partial charge in [-0.2, -0.15) is 4.99 Å². The van der Waals surface area contributed by atoms with E-state index in [1.54, 1.807) is 6.08 Å². The van der Waals surface area contributed by atoms with E-state index in [9.17, 15) is 4.79 Å². The Kier molecular flexibility index (Phi) is 2.55. The molecule has 15 heavy (non-hydrogen) atoms. The second kappa shape index (κ2) is 3.86. The number of carbonyl (C=O) groups is 1. The standard InChI is InChI=1S/C10H9N3OS/c1-6-3-2-4-7(12-6)5-8-9(14)13-10(11)15-8/h2-5H,1H3,(H2,11,13,14)/b8-5-. The first kappa shape index (κ1) is 9.92. The predicted molar refractivity (Wildman–Crippen MR) is 61.2 cm³/mol. The van der Waals surface area contributed by atoms with Crippen molar-refractivity contribution >= 4 is 28.9 Å². The molecule has 4 nitrogen and oxygen atoms in total. The molecule has 0 atom stereocenters. The number of hydrogen-bond donors (Lipinski definition) is 1. The zero-order valence-electron chi connectivity index (χ0n) is 8.10. The number of hydrogen-bond acceptors (Lipinski definition) is 4. The molecular formula is C10H9N3OS. The van der Waals surface area contributed by atoms with Crippen LogP contribution in [0.2, 0.25) is 0 Å². The molecule has 2 rings (SSSR count). The summed E-state index contributed by atoms with van der Waals surface area (Å²) >= 11 is 1.17. The maximum Gasteiger partial charge on any atom is 0.286 e. The second-order valence-corrected chi connectivity index (χ2v) is 4.13. The molecule has 0 saturated carbocycles. The van der Waals surface area contributed by atoms with E-state index in [1.807, 2.05) is 25.1 Å². The summed E-state index contributed by atoms with van der Waals surface area (Å²) in [6.45, 7) is 1.90. The molecular weight excluding hydrogens is 210 g/mol. The van der Waals surface area contributed by atoms with Crippen LogP contribution in [-0.4, -0.2) is 16.1 Å². The Morgan fingerprint density at radius 1 is 1.47 bits per heavy atom. The van der Waals surface area contributed by atoms with Gasteiger partial charge in [-0.15, -0.1) is 0 Å². The highest BCUT2D eigenvalue weighted by molar-refractivity contribution is 8.18. The SMILES string of the molecule is Cc1cccc(/C=C2\SC(N)=NC2=O)n1. The smallest absolute Gasteiger partial charge is 0.286 e. The molecule has 0 unspecified atom stereocenters. The van der Waals surface area contributed by atoms with Crippen molar-refractivity contribution in [2.45, 2.75) is 6.92 Å². The van der Waals surface area contributed by atoms with Gasteiger partial charge in [0, 0.05) is 5.69 Å². The normalized spacial score (nSPS) is 18.3. The van der Waals surface area contributed by atoms with Crippen molar-refractivity contribution in [3.05, 3.63) is 34.5 Å². The molecule has 0 fully saturated rings. The minimum absolute atomic E-state index is 0.291. The van der Waals surface area contributed by atoms with Crippen LogP contribution in [0.1, 0.15) is 11.4 Å². The van der Waals surface area contributed by atoms with Crippen molar-refractivity contribution in [1.29, 1.82) is 0 Å². The fourth-order valence-corrected chi connectivity index (χ4v) is 1.87. The molecule has 2 N–H and O–H groups in total. The van der Waals surface area contributed by atoms with E-state index in [-0.39, 0.29) is 5.91 Å². The van der Waals surface area contributed by atoms with E-state index >= 15 is 0 Å². The van der Waals surface area contributed by atoms with Crippen LogP contribution >= 0.6 is 11.8 Å². The Bertz CT molecular complexity index is 479. The monoisotopic (exact) mass is 219 g/mol. The van der Waals surface area contributed by atoms with Gasteiger partial charge in [-0.3, -0.25) is 9.78 Å². The van der Waals surface area contributed by atoms with Crippen LogP contribution in [0.4, 0.5) is 0 Å². The lowest BCUT2D eigenvalue weighted by Crippen LogP contribution is -2.01. The third-order valence-electron chi connectivity index (χ3n) is 1.83. The fraction of sp³-hybridized carbons (Fsp3) is 0.100. The molecule has 1 aliphatic heterocycles. The van der Waals surface area contributed by atoms with Gasteiger partial charge in [-0.1, -0.05) is 6.07 Å².